The van der Waals surface area contributed by atoms with Gasteiger partial charge in [0.15, 0.2) is 0 Å². The van der Waals surface area contributed by atoms with Gasteiger partial charge >= 0.3 is 5.97 Å². The summed E-state index contributed by atoms with van der Waals surface area (Å²) < 4.78 is 0. The monoisotopic (exact) mass is 477 g/mol. The first-order valence-corrected chi connectivity index (χ1v) is 10.3. The van der Waals surface area contributed by atoms with E-state index in [-0.39, 0.29) is 12.2 Å². The van der Waals surface area contributed by atoms with Gasteiger partial charge in [-0.15, -0.1) is 0 Å². The minimum absolute atomic E-state index is 0.0305. The standard InChI is InChI=1S/C17H31N7O7S/c18-4-2-1-3-9(15(28)24-11(17(30)31)6-13(21)26)22-16(29)10(5-12(20)25)23-14(27)8(19)7-32/h8-11,32H,1-7,18-19H2,(H2,20,25)(H2,21,26)(H,22,29)(H,23,27)(H,24,28)(H,30,31). The van der Waals surface area contributed by atoms with E-state index in [0.717, 1.165) is 0 Å². The maximum Gasteiger partial charge on any atom is 0.326 e. The highest BCUT2D eigenvalue weighted by atomic mass is 32.1. The summed E-state index contributed by atoms with van der Waals surface area (Å²) >= 11 is 3.88. The van der Waals surface area contributed by atoms with Crippen LogP contribution in [0.5, 0.6) is 0 Å². The Bertz CT molecular complexity index is 707. The molecule has 182 valence electrons. The Kier molecular flexibility index (Phi) is 13.6. The predicted molar refractivity (Wildman–Crippen MR) is 116 cm³/mol. The number of hydrogen-bond donors (Lipinski definition) is 9. The Morgan fingerprint density at radius 1 is 0.781 bits per heavy atom. The van der Waals surface area contributed by atoms with E-state index < -0.39 is 72.5 Å². The molecular weight excluding hydrogens is 446 g/mol. The number of rotatable bonds is 16. The van der Waals surface area contributed by atoms with Crippen molar-refractivity contribution in [3.05, 3.63) is 0 Å². The average molecular weight is 478 g/mol. The lowest BCUT2D eigenvalue weighted by molar-refractivity contribution is -0.144. The van der Waals surface area contributed by atoms with E-state index in [1.54, 1.807) is 0 Å². The second-order valence-electron chi connectivity index (χ2n) is 6.94. The highest BCUT2D eigenvalue weighted by Crippen LogP contribution is 2.05. The van der Waals surface area contributed by atoms with Gasteiger partial charge in [-0.1, -0.05) is 0 Å². The Morgan fingerprint density at radius 2 is 1.25 bits per heavy atom. The topological polar surface area (TPSA) is 263 Å². The highest BCUT2D eigenvalue weighted by Gasteiger charge is 2.31. The molecule has 0 spiro atoms. The van der Waals surface area contributed by atoms with Gasteiger partial charge in [0.2, 0.25) is 29.5 Å². The largest absolute Gasteiger partial charge is 0.480 e. The van der Waals surface area contributed by atoms with E-state index in [1.807, 2.05) is 0 Å². The van der Waals surface area contributed by atoms with E-state index in [2.05, 4.69) is 28.6 Å². The van der Waals surface area contributed by atoms with Crippen molar-refractivity contribution in [1.82, 2.24) is 16.0 Å². The summed E-state index contributed by atoms with van der Waals surface area (Å²) in [6.45, 7) is 0.309. The van der Waals surface area contributed by atoms with Crippen LogP contribution in [0.4, 0.5) is 0 Å². The Morgan fingerprint density at radius 3 is 1.72 bits per heavy atom. The van der Waals surface area contributed by atoms with Crippen LogP contribution in [0.25, 0.3) is 0 Å². The lowest BCUT2D eigenvalue weighted by atomic mass is 10.1. The summed E-state index contributed by atoms with van der Waals surface area (Å²) in [5, 5.41) is 15.9. The third-order valence-electron chi connectivity index (χ3n) is 4.17. The first kappa shape index (κ1) is 29.1. The van der Waals surface area contributed by atoms with Gasteiger partial charge in [0.05, 0.1) is 18.9 Å². The maximum absolute atomic E-state index is 12.7. The third kappa shape index (κ3) is 11.5. The first-order valence-electron chi connectivity index (χ1n) is 9.69. The number of nitrogens with two attached hydrogens (primary N) is 4. The van der Waals surface area contributed by atoms with Gasteiger partial charge in [0.25, 0.3) is 0 Å². The molecule has 0 aliphatic heterocycles. The molecule has 4 atom stereocenters. The number of amides is 5. The number of carbonyl (C=O) groups excluding carboxylic acids is 5. The van der Waals surface area contributed by atoms with Crippen molar-refractivity contribution in [2.24, 2.45) is 22.9 Å². The number of nitrogens with one attached hydrogen (secondary N) is 3. The molecule has 0 aromatic heterocycles. The smallest absolute Gasteiger partial charge is 0.326 e. The molecule has 0 rings (SSSR count). The molecule has 5 amide bonds. The van der Waals surface area contributed by atoms with Gasteiger partial charge in [-0.05, 0) is 25.8 Å². The lowest BCUT2D eigenvalue weighted by Crippen LogP contribution is -2.58. The number of thiol groups is 1. The summed E-state index contributed by atoms with van der Waals surface area (Å²) in [4.78, 5) is 71.0. The number of carbonyl (C=O) groups is 6. The van der Waals surface area contributed by atoms with Crippen LogP contribution < -0.4 is 38.9 Å². The molecule has 12 N–H and O–H groups in total. The maximum atomic E-state index is 12.7. The van der Waals surface area contributed by atoms with E-state index in [1.165, 1.54) is 0 Å². The molecule has 0 heterocycles. The molecule has 0 saturated carbocycles. The predicted octanol–water partition coefficient (Wildman–Crippen LogP) is -4.34. The highest BCUT2D eigenvalue weighted by molar-refractivity contribution is 7.80. The summed E-state index contributed by atoms with van der Waals surface area (Å²) in [6, 6.07) is -5.36. The van der Waals surface area contributed by atoms with Crippen molar-refractivity contribution in [2.75, 3.05) is 12.3 Å². The average Bonchev–Trinajstić information content (AvgIpc) is 2.70. The van der Waals surface area contributed by atoms with Crippen LogP contribution in [-0.4, -0.2) is 77.1 Å². The van der Waals surface area contributed by atoms with Crippen LogP contribution in [-0.2, 0) is 28.8 Å². The molecule has 0 aromatic carbocycles. The molecular formula is C17H31N7O7S. The number of hydrogen-bond acceptors (Lipinski definition) is 9. The van der Waals surface area contributed by atoms with Gasteiger partial charge in [0, 0.05) is 5.75 Å². The van der Waals surface area contributed by atoms with Gasteiger partial charge in [0.1, 0.15) is 18.1 Å². The molecule has 0 aliphatic rings. The van der Waals surface area contributed by atoms with Gasteiger partial charge in [-0.25, -0.2) is 4.79 Å². The van der Waals surface area contributed by atoms with Crippen LogP contribution in [0.3, 0.4) is 0 Å². The normalized spacial score (nSPS) is 14.3. The Hall–Kier alpha value is -2.91. The number of primary amides is 2. The van der Waals surface area contributed by atoms with Gasteiger partial charge in [-0.2, -0.15) is 12.6 Å². The zero-order chi connectivity index (χ0) is 24.8. The summed E-state index contributed by atoms with van der Waals surface area (Å²) in [5.74, 6) is -5.97. The van der Waals surface area contributed by atoms with Crippen LogP contribution in [0.2, 0.25) is 0 Å². The van der Waals surface area contributed by atoms with Crippen molar-refractivity contribution >= 4 is 48.1 Å². The quantitative estimate of drug-likeness (QED) is 0.0767. The van der Waals surface area contributed by atoms with E-state index in [9.17, 15) is 28.8 Å². The summed E-state index contributed by atoms with van der Waals surface area (Å²) in [5.41, 5.74) is 21.1. The number of aliphatic carboxylic acids is 1. The minimum atomic E-state index is -1.61. The molecule has 0 radical (unpaired) electrons. The summed E-state index contributed by atoms with van der Waals surface area (Å²) in [6.07, 6.45) is -0.285. The van der Waals surface area contributed by atoms with Crippen molar-refractivity contribution in [3.63, 3.8) is 0 Å². The molecule has 4 unspecified atom stereocenters. The fourth-order valence-electron chi connectivity index (χ4n) is 2.48. The van der Waals surface area contributed by atoms with Gasteiger partial charge in [-0.3, -0.25) is 24.0 Å². The van der Waals surface area contributed by atoms with Gasteiger partial charge < -0.3 is 44.0 Å². The van der Waals surface area contributed by atoms with Crippen LogP contribution >= 0.6 is 12.6 Å². The van der Waals surface area contributed by atoms with Crippen molar-refractivity contribution < 1.29 is 33.9 Å². The lowest BCUT2D eigenvalue weighted by Gasteiger charge is -2.24. The van der Waals surface area contributed by atoms with Crippen molar-refractivity contribution in [1.29, 1.82) is 0 Å². The summed E-state index contributed by atoms with van der Waals surface area (Å²) in [7, 11) is 0. The van der Waals surface area contributed by atoms with E-state index in [4.69, 9.17) is 28.0 Å². The van der Waals surface area contributed by atoms with Crippen molar-refractivity contribution in [3.8, 4) is 0 Å². The fraction of sp³-hybridized carbons (Fsp3) is 0.647. The minimum Gasteiger partial charge on any atom is -0.480 e. The zero-order valence-corrected chi connectivity index (χ0v) is 18.3. The second-order valence-corrected chi connectivity index (χ2v) is 7.30. The molecule has 0 aliphatic carbocycles. The molecule has 0 bridgehead atoms. The fourth-order valence-corrected chi connectivity index (χ4v) is 2.65. The van der Waals surface area contributed by atoms with Crippen molar-refractivity contribution in [2.45, 2.75) is 56.3 Å². The van der Waals surface area contributed by atoms with E-state index >= 15 is 0 Å². The van der Waals surface area contributed by atoms with E-state index in [0.29, 0.717) is 19.4 Å². The molecule has 32 heavy (non-hydrogen) atoms. The Labute approximate surface area is 190 Å². The Balaban J connectivity index is 5.50. The molecule has 15 heteroatoms. The SMILES string of the molecule is NCCCCC(NC(=O)C(CC(N)=O)NC(=O)C(N)CS)C(=O)NC(CC(N)=O)C(=O)O. The first-order chi connectivity index (χ1) is 14.9. The molecule has 0 aromatic rings. The van der Waals surface area contributed by atoms with Crippen LogP contribution in [0.1, 0.15) is 32.1 Å². The van der Waals surface area contributed by atoms with Crippen LogP contribution in [0.15, 0.2) is 0 Å². The third-order valence-corrected chi connectivity index (χ3v) is 4.56. The van der Waals surface area contributed by atoms with Crippen LogP contribution in [0, 0.1) is 0 Å². The zero-order valence-electron chi connectivity index (χ0n) is 17.4. The molecule has 14 nitrogen and oxygen atoms in total. The number of carboxylic acids is 1. The number of unbranched alkanes of at least 4 members (excludes halogenated alkanes) is 1. The second kappa shape index (κ2) is 15.0. The molecule has 0 fully saturated rings. The molecule has 0 saturated heterocycles. The number of carboxylic acid groups (broad SMARTS) is 1.